The van der Waals surface area contributed by atoms with Crippen molar-refractivity contribution in [3.63, 3.8) is 0 Å². The zero-order valence-corrected chi connectivity index (χ0v) is 32.7. The fourth-order valence-electron chi connectivity index (χ4n) is 11.8. The molecule has 55 heavy (non-hydrogen) atoms. The highest BCUT2D eigenvalue weighted by Gasteiger charge is 2.78. The van der Waals surface area contributed by atoms with Gasteiger partial charge >= 0.3 is 5.97 Å². The van der Waals surface area contributed by atoms with Crippen LogP contribution in [0.3, 0.4) is 0 Å². The van der Waals surface area contributed by atoms with Gasteiger partial charge in [0.05, 0.1) is 37.1 Å². The summed E-state index contributed by atoms with van der Waals surface area (Å²) in [7, 11) is 4.83. The van der Waals surface area contributed by atoms with Gasteiger partial charge in [0.15, 0.2) is 5.60 Å². The van der Waals surface area contributed by atoms with Gasteiger partial charge in [0, 0.05) is 65.2 Å². The molecule has 1 saturated heterocycles. The zero-order chi connectivity index (χ0) is 39.2. The molecule has 1 spiro atoms. The Hall–Kier alpha value is -4.20. The number of aromatic nitrogens is 1. The number of likely N-dealkylation sites (N-methyl/N-ethyl adjacent to an activating group) is 1. The Balaban J connectivity index is 1.47. The number of carbonyl (C=O) groups excluding carboxylic acids is 2. The first-order valence-electron chi connectivity index (χ1n) is 19.7. The van der Waals surface area contributed by atoms with Crippen LogP contribution in [0.25, 0.3) is 22.0 Å². The van der Waals surface area contributed by atoms with Gasteiger partial charge in [-0.15, -0.1) is 0 Å². The van der Waals surface area contributed by atoms with Crippen molar-refractivity contribution >= 4 is 39.6 Å². The Kier molecular flexibility index (Phi) is 9.05. The summed E-state index contributed by atoms with van der Waals surface area (Å²) in [5, 5.41) is 41.5. The molecule has 1 aliphatic carbocycles. The van der Waals surface area contributed by atoms with Crippen LogP contribution < -0.4 is 20.7 Å². The SMILES string of the molecule is CCC1(O)CNCCc2c([nH]c3ccccc23)/C(C(=O)OC)=C(/c2cc3c(cc2OC)N(C)C2[C@]34CCN3CC=C[C@](CC)(C34)[C@@H](O)[C@]2(O)C(N)=O)[C@H](C)C1. The van der Waals surface area contributed by atoms with Gasteiger partial charge in [-0.1, -0.05) is 51.1 Å². The predicted octanol–water partition coefficient (Wildman–Crippen LogP) is 3.26. The molecule has 3 aromatic rings. The number of β-amino-alcohol motifs (C(OH)–C–C–N with tert-alkyl or cyclic N) is 1. The van der Waals surface area contributed by atoms with Crippen LogP contribution in [0.2, 0.25) is 0 Å². The number of methoxy groups -OCH3 is 2. The highest BCUT2D eigenvalue weighted by atomic mass is 16.5. The number of anilines is 1. The monoisotopic (exact) mass is 753 g/mol. The maximum atomic E-state index is 14.5. The third-order valence-electron chi connectivity index (χ3n) is 14.2. The molecular formula is C43H55N5O7. The number of nitrogens with one attached hydrogen (secondary N) is 2. The third kappa shape index (κ3) is 5.00. The quantitative estimate of drug-likeness (QED) is 0.162. The van der Waals surface area contributed by atoms with Crippen LogP contribution in [-0.2, 0) is 26.2 Å². The number of nitrogens with two attached hydrogens (primary N) is 1. The number of fused-ring (bicyclic) bond motifs is 4. The first kappa shape index (κ1) is 37.7. The molecule has 2 aromatic carbocycles. The Morgan fingerprint density at radius 2 is 1.85 bits per heavy atom. The number of allylic oxidation sites excluding steroid dienone is 1. The average molecular weight is 754 g/mol. The summed E-state index contributed by atoms with van der Waals surface area (Å²) in [6.45, 7) is 8.32. The highest BCUT2D eigenvalue weighted by Crippen LogP contribution is 2.67. The lowest BCUT2D eigenvalue weighted by molar-refractivity contribution is -0.201. The molecule has 12 heteroatoms. The van der Waals surface area contributed by atoms with E-state index in [0.29, 0.717) is 86.4 Å². The number of rotatable bonds is 6. The number of nitrogens with zero attached hydrogens (tertiary/aromatic N) is 2. The second-order valence-corrected chi connectivity index (χ2v) is 16.6. The predicted molar refractivity (Wildman–Crippen MR) is 212 cm³/mol. The zero-order valence-electron chi connectivity index (χ0n) is 32.7. The molecule has 0 radical (unpaired) electrons. The normalized spacial score (nSPS) is 35.8. The fraction of sp³-hybridized carbons (Fsp3) is 0.535. The van der Waals surface area contributed by atoms with Gasteiger partial charge in [-0.2, -0.15) is 0 Å². The minimum absolute atomic E-state index is 0.268. The summed E-state index contributed by atoms with van der Waals surface area (Å²) in [5.74, 6) is -1.39. The van der Waals surface area contributed by atoms with Gasteiger partial charge in [0.25, 0.3) is 5.91 Å². The Bertz CT molecular complexity index is 2130. The summed E-state index contributed by atoms with van der Waals surface area (Å²) in [6, 6.07) is 10.9. The molecule has 4 aliphatic heterocycles. The van der Waals surface area contributed by atoms with Crippen LogP contribution >= 0.6 is 0 Å². The van der Waals surface area contributed by atoms with Crippen LogP contribution in [0.5, 0.6) is 5.75 Å². The summed E-state index contributed by atoms with van der Waals surface area (Å²) in [4.78, 5) is 36.0. The second kappa shape index (κ2) is 13.2. The molecule has 12 nitrogen and oxygen atoms in total. The number of aliphatic hydroxyl groups is 3. The number of carbonyl (C=O) groups is 2. The van der Waals surface area contributed by atoms with E-state index < -0.39 is 46.1 Å². The summed E-state index contributed by atoms with van der Waals surface area (Å²) >= 11 is 0. The molecule has 7 N–H and O–H groups in total. The summed E-state index contributed by atoms with van der Waals surface area (Å²) in [5.41, 5.74) is 6.81. The van der Waals surface area contributed by atoms with Gasteiger partial charge in [0.1, 0.15) is 11.9 Å². The number of para-hydroxylation sites is 1. The molecule has 8 atom stereocenters. The van der Waals surface area contributed by atoms with Crippen LogP contribution in [-0.4, -0.2) is 114 Å². The molecule has 1 aromatic heterocycles. The van der Waals surface area contributed by atoms with Gasteiger partial charge in [0.2, 0.25) is 0 Å². The number of aromatic amines is 1. The first-order valence-corrected chi connectivity index (χ1v) is 19.7. The van der Waals surface area contributed by atoms with Crippen molar-refractivity contribution in [2.75, 3.05) is 52.3 Å². The topological polar surface area (TPSA) is 174 Å². The van der Waals surface area contributed by atoms with E-state index in [4.69, 9.17) is 15.2 Å². The fourth-order valence-corrected chi connectivity index (χ4v) is 11.8. The highest BCUT2D eigenvalue weighted by molar-refractivity contribution is 6.26. The number of H-pyrrole nitrogens is 1. The van der Waals surface area contributed by atoms with Crippen molar-refractivity contribution in [3.8, 4) is 5.75 Å². The van der Waals surface area contributed by atoms with Crippen LogP contribution in [0, 0.1) is 11.3 Å². The van der Waals surface area contributed by atoms with E-state index >= 15 is 0 Å². The maximum absolute atomic E-state index is 14.5. The molecule has 5 aliphatic rings. The van der Waals surface area contributed by atoms with Crippen molar-refractivity contribution in [3.05, 3.63) is 70.9 Å². The smallest absolute Gasteiger partial charge is 0.340 e. The van der Waals surface area contributed by atoms with E-state index in [2.05, 4.69) is 27.3 Å². The Morgan fingerprint density at radius 3 is 2.55 bits per heavy atom. The van der Waals surface area contributed by atoms with E-state index in [9.17, 15) is 24.9 Å². The number of benzene rings is 2. The number of esters is 1. The number of primary amides is 1. The van der Waals surface area contributed by atoms with Gasteiger partial charge in [-0.25, -0.2) is 4.79 Å². The van der Waals surface area contributed by atoms with Crippen molar-refractivity contribution in [2.24, 2.45) is 17.1 Å². The summed E-state index contributed by atoms with van der Waals surface area (Å²) < 4.78 is 11.9. The van der Waals surface area contributed by atoms with Gasteiger partial charge < -0.3 is 45.7 Å². The molecule has 1 saturated carbocycles. The minimum atomic E-state index is -2.30. The van der Waals surface area contributed by atoms with E-state index in [0.717, 1.165) is 27.7 Å². The summed E-state index contributed by atoms with van der Waals surface area (Å²) in [6.07, 6.45) is 5.07. The number of aliphatic hydroxyl groups excluding tert-OH is 1. The molecule has 2 fully saturated rings. The number of amides is 1. The van der Waals surface area contributed by atoms with E-state index in [-0.39, 0.29) is 12.0 Å². The Labute approximate surface area is 322 Å². The molecule has 3 unspecified atom stereocenters. The van der Waals surface area contributed by atoms with Crippen LogP contribution in [0.15, 0.2) is 48.6 Å². The van der Waals surface area contributed by atoms with Crippen molar-refractivity contribution in [1.29, 1.82) is 0 Å². The number of hydrogen-bond donors (Lipinski definition) is 6. The average Bonchev–Trinajstić information content (AvgIpc) is 3.83. The molecular weight excluding hydrogens is 699 g/mol. The minimum Gasteiger partial charge on any atom is -0.496 e. The number of hydrogen-bond acceptors (Lipinski definition) is 10. The largest absolute Gasteiger partial charge is 0.496 e. The molecule has 8 rings (SSSR count). The lowest BCUT2D eigenvalue weighted by Crippen LogP contribution is -2.81. The maximum Gasteiger partial charge on any atom is 0.340 e. The van der Waals surface area contributed by atoms with E-state index in [1.165, 1.54) is 7.11 Å². The van der Waals surface area contributed by atoms with Crippen LogP contribution in [0.1, 0.15) is 68.8 Å². The molecule has 0 bridgehead atoms. The lowest BCUT2D eigenvalue weighted by atomic mass is 9.47. The van der Waals surface area contributed by atoms with E-state index in [1.54, 1.807) is 7.11 Å². The van der Waals surface area contributed by atoms with E-state index in [1.807, 2.05) is 69.1 Å². The lowest BCUT2D eigenvalue weighted by Gasteiger charge is -2.63. The second-order valence-electron chi connectivity index (χ2n) is 16.6. The Morgan fingerprint density at radius 1 is 1.09 bits per heavy atom. The molecule has 1 amide bonds. The van der Waals surface area contributed by atoms with Crippen molar-refractivity contribution in [2.45, 2.75) is 87.7 Å². The first-order chi connectivity index (χ1) is 26.3. The molecule has 5 heterocycles. The number of ether oxygens (including phenoxy) is 2. The molecule has 294 valence electrons. The van der Waals surface area contributed by atoms with Crippen molar-refractivity contribution < 1.29 is 34.4 Å². The standard InChI is InChI=1S/C43H55N5O7/c1-7-40(52)22-24(3)32(33(35(49)55-6)34-26(14-17-45-23-40)25-12-9-10-13-29(25)46-34)27-20-28-30(21-31(27)54-5)47(4)37-42(28)16-19-48-18-11-15-41(8-2,36(42)48)38(50)43(37,53)39(44)51/h9-13,15,20-21,24,36-38,45-46,50,52-53H,7-8,14,16-19,22-23H2,1-6H3,(H2,44,51)/b33-32-/t24-,36?,37?,38-,40?,41-,42-,43+/m1/s1. The van der Waals surface area contributed by atoms with Gasteiger partial charge in [-0.3, -0.25) is 9.69 Å². The van der Waals surface area contributed by atoms with Gasteiger partial charge in [-0.05, 0) is 79.9 Å². The third-order valence-corrected chi connectivity index (χ3v) is 14.2. The van der Waals surface area contributed by atoms with Crippen molar-refractivity contribution in [1.82, 2.24) is 15.2 Å². The van der Waals surface area contributed by atoms with Crippen LogP contribution in [0.4, 0.5) is 5.69 Å².